The van der Waals surface area contributed by atoms with Gasteiger partial charge < -0.3 is 15.0 Å². The minimum Gasteiger partial charge on any atom is -0.492 e. The fourth-order valence-corrected chi connectivity index (χ4v) is 1.81. The van der Waals surface area contributed by atoms with E-state index in [0.29, 0.717) is 6.61 Å². The molecule has 0 aliphatic carbocycles. The van der Waals surface area contributed by atoms with Gasteiger partial charge in [-0.15, -0.1) is 0 Å². The van der Waals surface area contributed by atoms with Crippen LogP contribution in [0.2, 0.25) is 0 Å². The summed E-state index contributed by atoms with van der Waals surface area (Å²) in [6.07, 6.45) is 3.87. The van der Waals surface area contributed by atoms with Crippen molar-refractivity contribution in [3.8, 4) is 5.75 Å². The van der Waals surface area contributed by atoms with Crippen LogP contribution in [-0.4, -0.2) is 41.9 Å². The van der Waals surface area contributed by atoms with E-state index in [1.807, 2.05) is 57.8 Å². The van der Waals surface area contributed by atoms with Crippen LogP contribution in [0.5, 0.6) is 5.75 Å². The molecule has 2 rings (SSSR count). The van der Waals surface area contributed by atoms with Gasteiger partial charge in [0.05, 0.1) is 6.20 Å². The zero-order valence-electron chi connectivity index (χ0n) is 12.3. The summed E-state index contributed by atoms with van der Waals surface area (Å²) in [6.45, 7) is 2.36. The van der Waals surface area contributed by atoms with Crippen LogP contribution in [0.4, 0.5) is 5.69 Å². The second kappa shape index (κ2) is 6.96. The van der Waals surface area contributed by atoms with Crippen LogP contribution >= 0.6 is 0 Å². The monoisotopic (exact) mass is 274 g/mol. The quantitative estimate of drug-likeness (QED) is 0.838. The molecule has 0 saturated carbocycles. The van der Waals surface area contributed by atoms with Crippen LogP contribution in [0.15, 0.2) is 36.7 Å². The Morgan fingerprint density at radius 2 is 2.20 bits per heavy atom. The summed E-state index contributed by atoms with van der Waals surface area (Å²) < 4.78 is 7.52. The summed E-state index contributed by atoms with van der Waals surface area (Å²) >= 11 is 0. The molecule has 1 heterocycles. The van der Waals surface area contributed by atoms with Gasteiger partial charge in [0.25, 0.3) is 0 Å². The van der Waals surface area contributed by atoms with Crippen molar-refractivity contribution >= 4 is 5.69 Å². The topological polar surface area (TPSA) is 42.3 Å². The van der Waals surface area contributed by atoms with E-state index in [-0.39, 0.29) is 0 Å². The van der Waals surface area contributed by atoms with Crippen LogP contribution in [0.25, 0.3) is 0 Å². The standard InChI is InChI=1S/C15H22N4O/c1-18(2)7-8-20-15-6-4-5-14(9-15)16-10-13-11-17-19(3)12-13/h4-6,9,11-12,16H,7-8,10H2,1-3H3. The number of aromatic nitrogens is 2. The third-order valence-corrected chi connectivity index (χ3v) is 2.90. The Morgan fingerprint density at radius 3 is 2.90 bits per heavy atom. The number of hydrogen-bond donors (Lipinski definition) is 1. The number of ether oxygens (including phenoxy) is 1. The molecule has 0 radical (unpaired) electrons. The predicted molar refractivity (Wildman–Crippen MR) is 81.0 cm³/mol. The van der Waals surface area contributed by atoms with E-state index in [1.54, 1.807) is 4.68 Å². The summed E-state index contributed by atoms with van der Waals surface area (Å²) in [5.74, 6) is 0.892. The second-order valence-electron chi connectivity index (χ2n) is 5.06. The van der Waals surface area contributed by atoms with Crippen LogP contribution in [-0.2, 0) is 13.6 Å². The average Bonchev–Trinajstić information content (AvgIpc) is 2.82. The Labute approximate surface area is 120 Å². The van der Waals surface area contributed by atoms with Gasteiger partial charge in [0.15, 0.2) is 0 Å². The summed E-state index contributed by atoms with van der Waals surface area (Å²) in [6, 6.07) is 8.03. The van der Waals surface area contributed by atoms with E-state index >= 15 is 0 Å². The molecule has 0 bridgehead atoms. The SMILES string of the molecule is CN(C)CCOc1cccc(NCc2cnn(C)c2)c1. The molecule has 0 aliphatic rings. The van der Waals surface area contributed by atoms with Crippen LogP contribution < -0.4 is 10.1 Å². The lowest BCUT2D eigenvalue weighted by Gasteiger charge is -2.12. The number of hydrogen-bond acceptors (Lipinski definition) is 4. The molecule has 0 saturated heterocycles. The largest absolute Gasteiger partial charge is 0.492 e. The molecule has 0 atom stereocenters. The summed E-state index contributed by atoms with van der Waals surface area (Å²) in [7, 11) is 5.99. The van der Waals surface area contributed by atoms with E-state index in [0.717, 1.165) is 30.1 Å². The number of likely N-dealkylation sites (N-methyl/N-ethyl adjacent to an activating group) is 1. The molecule has 1 N–H and O–H groups in total. The maximum atomic E-state index is 5.72. The number of aryl methyl sites for hydroxylation is 1. The highest BCUT2D eigenvalue weighted by molar-refractivity contribution is 5.48. The van der Waals surface area contributed by atoms with Crippen molar-refractivity contribution in [3.05, 3.63) is 42.2 Å². The zero-order chi connectivity index (χ0) is 14.4. The van der Waals surface area contributed by atoms with Gasteiger partial charge in [-0.1, -0.05) is 6.07 Å². The fraction of sp³-hybridized carbons (Fsp3) is 0.400. The first-order valence-corrected chi connectivity index (χ1v) is 6.72. The lowest BCUT2D eigenvalue weighted by Crippen LogP contribution is -2.19. The molecule has 0 fully saturated rings. The van der Waals surface area contributed by atoms with Crippen LogP contribution in [0.1, 0.15) is 5.56 Å². The number of nitrogens with zero attached hydrogens (tertiary/aromatic N) is 3. The average molecular weight is 274 g/mol. The van der Waals surface area contributed by atoms with Gasteiger partial charge in [-0.25, -0.2) is 0 Å². The highest BCUT2D eigenvalue weighted by atomic mass is 16.5. The third-order valence-electron chi connectivity index (χ3n) is 2.90. The Morgan fingerprint density at radius 1 is 1.35 bits per heavy atom. The van der Waals surface area contributed by atoms with Crippen molar-refractivity contribution in [1.82, 2.24) is 14.7 Å². The van der Waals surface area contributed by atoms with Crippen molar-refractivity contribution < 1.29 is 4.74 Å². The van der Waals surface area contributed by atoms with Gasteiger partial charge in [-0.2, -0.15) is 5.10 Å². The third kappa shape index (κ3) is 4.59. The van der Waals surface area contributed by atoms with Gasteiger partial charge in [0, 0.05) is 43.7 Å². The number of anilines is 1. The first kappa shape index (κ1) is 14.4. The molecule has 20 heavy (non-hydrogen) atoms. The molecule has 2 aromatic rings. The van der Waals surface area contributed by atoms with Crippen molar-refractivity contribution in [3.63, 3.8) is 0 Å². The maximum absolute atomic E-state index is 5.72. The maximum Gasteiger partial charge on any atom is 0.121 e. The highest BCUT2D eigenvalue weighted by Gasteiger charge is 1.99. The van der Waals surface area contributed by atoms with Crippen LogP contribution in [0.3, 0.4) is 0 Å². The van der Waals surface area contributed by atoms with E-state index in [4.69, 9.17) is 4.74 Å². The second-order valence-corrected chi connectivity index (χ2v) is 5.06. The first-order valence-electron chi connectivity index (χ1n) is 6.72. The van der Waals surface area contributed by atoms with Gasteiger partial charge >= 0.3 is 0 Å². The smallest absolute Gasteiger partial charge is 0.121 e. The van der Waals surface area contributed by atoms with Gasteiger partial charge in [0.1, 0.15) is 12.4 Å². The predicted octanol–water partition coefficient (Wildman–Crippen LogP) is 1.97. The molecule has 1 aromatic carbocycles. The molecule has 0 spiro atoms. The molecule has 0 aliphatic heterocycles. The van der Waals surface area contributed by atoms with Crippen molar-refractivity contribution in [2.24, 2.45) is 7.05 Å². The summed E-state index contributed by atoms with van der Waals surface area (Å²) in [5.41, 5.74) is 2.21. The van der Waals surface area contributed by atoms with Gasteiger partial charge in [-0.05, 0) is 26.2 Å². The van der Waals surface area contributed by atoms with E-state index in [1.165, 1.54) is 0 Å². The Balaban J connectivity index is 1.85. The van der Waals surface area contributed by atoms with Gasteiger partial charge in [-0.3, -0.25) is 4.68 Å². The van der Waals surface area contributed by atoms with E-state index in [9.17, 15) is 0 Å². The normalized spacial score (nSPS) is 10.8. The molecule has 108 valence electrons. The van der Waals surface area contributed by atoms with Crippen molar-refractivity contribution in [2.45, 2.75) is 6.54 Å². The number of nitrogens with one attached hydrogen (secondary N) is 1. The molecule has 5 heteroatoms. The lowest BCUT2D eigenvalue weighted by molar-refractivity contribution is 0.261. The van der Waals surface area contributed by atoms with E-state index in [2.05, 4.69) is 15.3 Å². The summed E-state index contributed by atoms with van der Waals surface area (Å²) in [5, 5.41) is 7.52. The lowest BCUT2D eigenvalue weighted by atomic mass is 10.3. The highest BCUT2D eigenvalue weighted by Crippen LogP contribution is 2.18. The molecule has 5 nitrogen and oxygen atoms in total. The fourth-order valence-electron chi connectivity index (χ4n) is 1.81. The molecular formula is C15H22N4O. The Hall–Kier alpha value is -2.01. The molecular weight excluding hydrogens is 252 g/mol. The molecule has 0 amide bonds. The van der Waals surface area contributed by atoms with E-state index < -0.39 is 0 Å². The van der Waals surface area contributed by atoms with Crippen LogP contribution in [0, 0.1) is 0 Å². The first-order chi connectivity index (χ1) is 9.63. The van der Waals surface area contributed by atoms with Gasteiger partial charge in [0.2, 0.25) is 0 Å². The molecule has 1 aromatic heterocycles. The zero-order valence-corrected chi connectivity index (χ0v) is 12.3. The van der Waals surface area contributed by atoms with Crippen molar-refractivity contribution in [1.29, 1.82) is 0 Å². The minimum absolute atomic E-state index is 0.694. The Kier molecular flexibility index (Phi) is 5.01. The Bertz CT molecular complexity index is 536. The summed E-state index contributed by atoms with van der Waals surface area (Å²) in [4.78, 5) is 2.10. The number of benzene rings is 1. The number of rotatable bonds is 7. The van der Waals surface area contributed by atoms with Crippen molar-refractivity contribution in [2.75, 3.05) is 32.6 Å². The molecule has 0 unspecified atom stereocenters. The minimum atomic E-state index is 0.694.